The molecular formula is C17H18Cl2N2O3. The molecule has 0 aliphatic heterocycles. The van der Waals surface area contributed by atoms with Crippen molar-refractivity contribution in [2.24, 2.45) is 0 Å². The van der Waals surface area contributed by atoms with Crippen molar-refractivity contribution in [2.45, 2.75) is 6.42 Å². The minimum Gasteiger partial charge on any atom is -0.493 e. The van der Waals surface area contributed by atoms with E-state index >= 15 is 0 Å². The summed E-state index contributed by atoms with van der Waals surface area (Å²) >= 11 is 11.8. The van der Waals surface area contributed by atoms with Gasteiger partial charge in [-0.2, -0.15) is 0 Å². The van der Waals surface area contributed by atoms with Gasteiger partial charge in [-0.15, -0.1) is 0 Å². The molecule has 0 bridgehead atoms. The second-order valence-electron chi connectivity index (χ2n) is 4.92. The Morgan fingerprint density at radius 3 is 2.33 bits per heavy atom. The zero-order valence-corrected chi connectivity index (χ0v) is 14.9. The molecule has 1 amide bonds. The predicted molar refractivity (Wildman–Crippen MR) is 97.7 cm³/mol. The molecule has 7 heteroatoms. The SMILES string of the molecule is COc1ccc(NCCC(=O)Nc2ccc(Cl)c(Cl)c2)cc1OC. The Hall–Kier alpha value is -2.11. The molecule has 0 saturated heterocycles. The fourth-order valence-corrected chi connectivity index (χ4v) is 2.36. The van der Waals surface area contributed by atoms with E-state index in [9.17, 15) is 4.79 Å². The number of anilines is 2. The molecule has 0 atom stereocenters. The van der Waals surface area contributed by atoms with E-state index < -0.39 is 0 Å². The van der Waals surface area contributed by atoms with Gasteiger partial charge in [0.1, 0.15) is 0 Å². The van der Waals surface area contributed by atoms with Gasteiger partial charge >= 0.3 is 0 Å². The van der Waals surface area contributed by atoms with Gasteiger partial charge in [0.05, 0.1) is 24.3 Å². The largest absolute Gasteiger partial charge is 0.493 e. The fraction of sp³-hybridized carbons (Fsp3) is 0.235. The van der Waals surface area contributed by atoms with Gasteiger partial charge in [-0.3, -0.25) is 4.79 Å². The van der Waals surface area contributed by atoms with E-state index in [1.54, 1.807) is 38.5 Å². The summed E-state index contributed by atoms with van der Waals surface area (Å²) in [5.41, 5.74) is 1.45. The monoisotopic (exact) mass is 368 g/mol. The summed E-state index contributed by atoms with van der Waals surface area (Å²) in [5.74, 6) is 1.16. The number of amides is 1. The van der Waals surface area contributed by atoms with Crippen molar-refractivity contribution in [3.05, 3.63) is 46.4 Å². The maximum atomic E-state index is 12.0. The molecule has 0 spiro atoms. The minimum atomic E-state index is -0.124. The highest BCUT2D eigenvalue weighted by molar-refractivity contribution is 6.42. The standard InChI is InChI=1S/C17H18Cl2N2O3/c1-23-15-6-4-11(10-16(15)24-2)20-8-7-17(22)21-12-3-5-13(18)14(19)9-12/h3-6,9-10,20H,7-8H2,1-2H3,(H,21,22). The van der Waals surface area contributed by atoms with Crippen molar-refractivity contribution >= 4 is 40.5 Å². The summed E-state index contributed by atoms with van der Waals surface area (Å²) in [6.07, 6.45) is 0.300. The Morgan fingerprint density at radius 1 is 0.958 bits per heavy atom. The average molecular weight is 369 g/mol. The summed E-state index contributed by atoms with van der Waals surface area (Å²) in [7, 11) is 3.16. The maximum Gasteiger partial charge on any atom is 0.226 e. The lowest BCUT2D eigenvalue weighted by atomic mass is 10.2. The van der Waals surface area contributed by atoms with Crippen LogP contribution in [0.15, 0.2) is 36.4 Å². The molecule has 0 aromatic heterocycles. The number of carbonyl (C=O) groups is 1. The quantitative estimate of drug-likeness (QED) is 0.757. The van der Waals surface area contributed by atoms with Crippen molar-refractivity contribution in [3.8, 4) is 11.5 Å². The first kappa shape index (κ1) is 18.2. The van der Waals surface area contributed by atoms with Gasteiger partial charge in [-0.05, 0) is 30.3 Å². The topological polar surface area (TPSA) is 59.6 Å². The van der Waals surface area contributed by atoms with Crippen LogP contribution in [-0.4, -0.2) is 26.7 Å². The van der Waals surface area contributed by atoms with Gasteiger partial charge in [0, 0.05) is 30.4 Å². The highest BCUT2D eigenvalue weighted by Crippen LogP contribution is 2.29. The maximum absolute atomic E-state index is 12.0. The van der Waals surface area contributed by atoms with Crippen molar-refractivity contribution in [2.75, 3.05) is 31.4 Å². The molecule has 2 aromatic carbocycles. The first-order valence-corrected chi connectivity index (χ1v) is 8.00. The van der Waals surface area contributed by atoms with E-state index in [0.29, 0.717) is 40.2 Å². The Bertz CT molecular complexity index is 723. The second-order valence-corrected chi connectivity index (χ2v) is 5.74. The van der Waals surface area contributed by atoms with E-state index in [0.717, 1.165) is 5.69 Å². The van der Waals surface area contributed by atoms with Gasteiger partial charge in [-0.25, -0.2) is 0 Å². The molecule has 128 valence electrons. The second kappa shape index (κ2) is 8.66. The van der Waals surface area contributed by atoms with Crippen molar-refractivity contribution < 1.29 is 14.3 Å². The van der Waals surface area contributed by atoms with Crippen LogP contribution < -0.4 is 20.1 Å². The Labute approximate surface area is 150 Å². The zero-order valence-electron chi connectivity index (χ0n) is 13.4. The molecule has 0 radical (unpaired) electrons. The van der Waals surface area contributed by atoms with Crippen LogP contribution in [0.5, 0.6) is 11.5 Å². The molecule has 0 aliphatic carbocycles. The average Bonchev–Trinajstić information content (AvgIpc) is 2.58. The summed E-state index contributed by atoms with van der Waals surface area (Å²) in [6, 6.07) is 10.4. The molecule has 0 saturated carbocycles. The molecular weight excluding hydrogens is 351 g/mol. The lowest BCUT2D eigenvalue weighted by Gasteiger charge is -2.11. The lowest BCUT2D eigenvalue weighted by Crippen LogP contribution is -2.16. The summed E-state index contributed by atoms with van der Waals surface area (Å²) < 4.78 is 10.4. The first-order chi connectivity index (χ1) is 11.5. The van der Waals surface area contributed by atoms with Gasteiger partial charge in [0.15, 0.2) is 11.5 Å². The Kier molecular flexibility index (Phi) is 6.58. The Morgan fingerprint density at radius 2 is 1.67 bits per heavy atom. The van der Waals surface area contributed by atoms with Crippen LogP contribution in [0.1, 0.15) is 6.42 Å². The van der Waals surface area contributed by atoms with E-state index in [-0.39, 0.29) is 5.91 Å². The van der Waals surface area contributed by atoms with Gasteiger partial charge in [0.2, 0.25) is 5.91 Å². The lowest BCUT2D eigenvalue weighted by molar-refractivity contribution is -0.115. The molecule has 0 aliphatic rings. The Balaban J connectivity index is 1.85. The molecule has 0 unspecified atom stereocenters. The third-order valence-corrected chi connectivity index (χ3v) is 4.01. The van der Waals surface area contributed by atoms with E-state index in [1.807, 2.05) is 12.1 Å². The van der Waals surface area contributed by atoms with E-state index in [1.165, 1.54) is 0 Å². The number of halogens is 2. The number of hydrogen-bond donors (Lipinski definition) is 2. The first-order valence-electron chi connectivity index (χ1n) is 7.24. The summed E-state index contributed by atoms with van der Waals surface area (Å²) in [5, 5.41) is 6.78. The number of benzene rings is 2. The molecule has 2 N–H and O–H groups in total. The number of rotatable bonds is 7. The van der Waals surface area contributed by atoms with Crippen LogP contribution in [0.4, 0.5) is 11.4 Å². The van der Waals surface area contributed by atoms with Crippen molar-refractivity contribution in [3.63, 3.8) is 0 Å². The highest BCUT2D eigenvalue weighted by atomic mass is 35.5. The van der Waals surface area contributed by atoms with Crippen LogP contribution in [0.3, 0.4) is 0 Å². The third-order valence-electron chi connectivity index (χ3n) is 3.27. The number of nitrogens with one attached hydrogen (secondary N) is 2. The number of methoxy groups -OCH3 is 2. The number of hydrogen-bond acceptors (Lipinski definition) is 4. The molecule has 2 aromatic rings. The van der Waals surface area contributed by atoms with Crippen LogP contribution >= 0.6 is 23.2 Å². The third kappa shape index (κ3) is 4.94. The zero-order chi connectivity index (χ0) is 17.5. The van der Waals surface area contributed by atoms with Crippen molar-refractivity contribution in [1.82, 2.24) is 0 Å². The van der Waals surface area contributed by atoms with Crippen molar-refractivity contribution in [1.29, 1.82) is 0 Å². The van der Waals surface area contributed by atoms with Crippen LogP contribution in [0.25, 0.3) is 0 Å². The van der Waals surface area contributed by atoms with Gasteiger partial charge in [-0.1, -0.05) is 23.2 Å². The smallest absolute Gasteiger partial charge is 0.226 e. The molecule has 2 rings (SSSR count). The van der Waals surface area contributed by atoms with Gasteiger partial charge < -0.3 is 20.1 Å². The van der Waals surface area contributed by atoms with Gasteiger partial charge in [0.25, 0.3) is 0 Å². The normalized spacial score (nSPS) is 10.2. The molecule has 24 heavy (non-hydrogen) atoms. The number of ether oxygens (including phenoxy) is 2. The minimum absolute atomic E-state index is 0.124. The van der Waals surface area contributed by atoms with E-state index in [4.69, 9.17) is 32.7 Å². The predicted octanol–water partition coefficient (Wildman–Crippen LogP) is 4.45. The highest BCUT2D eigenvalue weighted by Gasteiger charge is 2.07. The summed E-state index contributed by atoms with van der Waals surface area (Å²) in [6.45, 7) is 0.475. The van der Waals surface area contributed by atoms with Crippen LogP contribution in [0, 0.1) is 0 Å². The molecule has 0 heterocycles. The fourth-order valence-electron chi connectivity index (χ4n) is 2.06. The number of carbonyl (C=O) groups excluding carboxylic acids is 1. The molecule has 0 fully saturated rings. The van der Waals surface area contributed by atoms with Crippen LogP contribution in [-0.2, 0) is 4.79 Å². The molecule has 5 nitrogen and oxygen atoms in total. The van der Waals surface area contributed by atoms with Crippen LogP contribution in [0.2, 0.25) is 10.0 Å². The van der Waals surface area contributed by atoms with E-state index in [2.05, 4.69) is 10.6 Å². The summed E-state index contributed by atoms with van der Waals surface area (Å²) in [4.78, 5) is 12.0.